The summed E-state index contributed by atoms with van der Waals surface area (Å²) in [6, 6.07) is 1.97. The molecular formula is C2H2NSn. The van der Waals surface area contributed by atoms with Gasteiger partial charge in [0.1, 0.15) is 0 Å². The van der Waals surface area contributed by atoms with Gasteiger partial charge in [0.15, 0.2) is 0 Å². The van der Waals surface area contributed by atoms with Crippen molar-refractivity contribution in [3.63, 3.8) is 0 Å². The average molecular weight is 159 g/mol. The van der Waals surface area contributed by atoms with E-state index in [-0.39, 0.29) is 0 Å². The van der Waals surface area contributed by atoms with E-state index in [1.165, 1.54) is 22.5 Å². The molecular weight excluding hydrogens is 157 g/mol. The van der Waals surface area contributed by atoms with Gasteiger partial charge in [-0.2, -0.15) is 0 Å². The van der Waals surface area contributed by atoms with Crippen LogP contribution in [-0.2, 0) is 0 Å². The molecule has 4 heavy (non-hydrogen) atoms. The monoisotopic (exact) mass is 160 g/mol. The molecule has 0 atom stereocenters. The molecule has 0 aliphatic rings. The Morgan fingerprint density at radius 3 is 2.25 bits per heavy atom. The van der Waals surface area contributed by atoms with E-state index < -0.39 is 0 Å². The van der Waals surface area contributed by atoms with Crippen molar-refractivity contribution >= 4 is 22.5 Å². The topological polar surface area (TPSA) is 23.8 Å². The normalized spacial score (nSPS) is 5.00. The van der Waals surface area contributed by atoms with E-state index in [1.807, 2.05) is 6.07 Å². The molecule has 2 heteroatoms. The predicted molar refractivity (Wildman–Crippen MR) is 16.2 cm³/mol. The summed E-state index contributed by atoms with van der Waals surface area (Å²) in [7, 11) is 0. The van der Waals surface area contributed by atoms with Gasteiger partial charge in [0.05, 0.1) is 0 Å². The van der Waals surface area contributed by atoms with Crippen LogP contribution >= 0.6 is 0 Å². The molecule has 19 valence electrons. The molecule has 0 bridgehead atoms. The summed E-state index contributed by atoms with van der Waals surface area (Å²) in [6.07, 6.45) is 0. The van der Waals surface area contributed by atoms with Crippen LogP contribution in [0, 0.1) is 11.3 Å². The summed E-state index contributed by atoms with van der Waals surface area (Å²) in [4.78, 5) is 0. The molecule has 0 aromatic carbocycles. The van der Waals surface area contributed by atoms with E-state index in [0.29, 0.717) is 4.44 Å². The number of nitrogens with zero attached hydrogens (tertiary/aromatic N) is 1. The molecule has 0 heterocycles. The van der Waals surface area contributed by atoms with E-state index in [1.54, 1.807) is 0 Å². The van der Waals surface area contributed by atoms with E-state index in [0.717, 1.165) is 0 Å². The maximum absolute atomic E-state index is 7.65. The number of hydrogen-bond donors (Lipinski definition) is 0. The average Bonchev–Trinajstić information content (AvgIpc) is 1.37. The second kappa shape index (κ2) is 3.29. The van der Waals surface area contributed by atoms with Crippen molar-refractivity contribution in [1.29, 1.82) is 5.26 Å². The molecule has 0 aromatic heterocycles. The van der Waals surface area contributed by atoms with E-state index >= 15 is 0 Å². The van der Waals surface area contributed by atoms with Crippen LogP contribution in [0.15, 0.2) is 0 Å². The first-order valence-corrected chi connectivity index (χ1v) is 2.95. The zero-order valence-electron chi connectivity index (χ0n) is 2.15. The molecule has 0 N–H and O–H groups in total. The summed E-state index contributed by atoms with van der Waals surface area (Å²) >= 11 is 1.31. The van der Waals surface area contributed by atoms with Gasteiger partial charge in [-0.3, -0.25) is 0 Å². The first-order chi connectivity index (χ1) is 1.91. The van der Waals surface area contributed by atoms with Gasteiger partial charge < -0.3 is 0 Å². The molecule has 0 aliphatic carbocycles. The van der Waals surface area contributed by atoms with E-state index in [9.17, 15) is 0 Å². The minimum absolute atomic E-state index is 0.715. The third kappa shape index (κ3) is 2.29. The molecule has 0 fully saturated rings. The predicted octanol–water partition coefficient (Wildman–Crippen LogP) is 0.0968. The minimum atomic E-state index is 0.715. The third-order valence-corrected chi connectivity index (χ3v) is 0.530. The maximum atomic E-state index is 7.65. The first kappa shape index (κ1) is 4.29. The molecule has 0 rings (SSSR count). The molecule has 3 radical (unpaired) electrons. The molecule has 0 aromatic rings. The zero-order chi connectivity index (χ0) is 3.41. The van der Waals surface area contributed by atoms with Gasteiger partial charge in [-0.25, -0.2) is 0 Å². The second-order valence-corrected chi connectivity index (χ2v) is 1.34. The van der Waals surface area contributed by atoms with Gasteiger partial charge in [0.25, 0.3) is 0 Å². The Balaban J connectivity index is 2.43. The fourth-order valence-electron chi connectivity index (χ4n) is 0. The van der Waals surface area contributed by atoms with E-state index in [2.05, 4.69) is 0 Å². The first-order valence-electron chi connectivity index (χ1n) is 0.931. The standard InChI is InChI=1S/C2H2N.Sn/c1-2-3;/h1H2;. The summed E-state index contributed by atoms with van der Waals surface area (Å²) in [5.74, 6) is 0. The van der Waals surface area contributed by atoms with Crippen LogP contribution < -0.4 is 0 Å². The molecule has 0 saturated carbocycles. The van der Waals surface area contributed by atoms with Crippen LogP contribution in [0.2, 0.25) is 4.44 Å². The molecule has 1 nitrogen and oxygen atoms in total. The Morgan fingerprint density at radius 1 is 2.00 bits per heavy atom. The fourth-order valence-corrected chi connectivity index (χ4v) is 0. The molecule has 0 spiro atoms. The summed E-state index contributed by atoms with van der Waals surface area (Å²) in [5.41, 5.74) is 0. The second-order valence-electron chi connectivity index (χ2n) is 0.335. The number of hydrogen-bond acceptors (Lipinski definition) is 1. The summed E-state index contributed by atoms with van der Waals surface area (Å²) < 4.78 is 0.715. The Morgan fingerprint density at radius 2 is 2.25 bits per heavy atom. The Kier molecular flexibility index (Phi) is 3.53. The number of rotatable bonds is 0. The van der Waals surface area contributed by atoms with Crippen LogP contribution in [-0.4, -0.2) is 22.5 Å². The van der Waals surface area contributed by atoms with Gasteiger partial charge >= 0.3 is 38.3 Å². The Hall–Kier alpha value is 0.289. The SMILES string of the molecule is N#C[CH2][Sn]. The van der Waals surface area contributed by atoms with Gasteiger partial charge in [-0.1, -0.05) is 0 Å². The zero-order valence-corrected chi connectivity index (χ0v) is 5.01. The third-order valence-electron chi connectivity index (χ3n) is 0.0791. The van der Waals surface area contributed by atoms with E-state index in [4.69, 9.17) is 5.26 Å². The summed E-state index contributed by atoms with van der Waals surface area (Å²) in [6.45, 7) is 0. The van der Waals surface area contributed by atoms with Gasteiger partial charge in [-0.05, 0) is 0 Å². The van der Waals surface area contributed by atoms with Crippen molar-refractivity contribution in [2.75, 3.05) is 0 Å². The van der Waals surface area contributed by atoms with Gasteiger partial charge in [0, 0.05) is 0 Å². The van der Waals surface area contributed by atoms with Crippen molar-refractivity contribution in [2.24, 2.45) is 0 Å². The Labute approximate surface area is 38.7 Å². The molecule has 0 saturated heterocycles. The molecule has 0 aliphatic heterocycles. The summed E-state index contributed by atoms with van der Waals surface area (Å²) in [5, 5.41) is 7.65. The van der Waals surface area contributed by atoms with Gasteiger partial charge in [0.2, 0.25) is 0 Å². The van der Waals surface area contributed by atoms with Gasteiger partial charge in [-0.15, -0.1) is 0 Å². The fraction of sp³-hybridized carbons (Fsp3) is 0.500. The van der Waals surface area contributed by atoms with Crippen LogP contribution in [0.3, 0.4) is 0 Å². The van der Waals surface area contributed by atoms with Crippen LogP contribution in [0.25, 0.3) is 0 Å². The van der Waals surface area contributed by atoms with Crippen LogP contribution in [0.5, 0.6) is 0 Å². The molecule has 0 unspecified atom stereocenters. The van der Waals surface area contributed by atoms with Crippen LogP contribution in [0.1, 0.15) is 0 Å². The van der Waals surface area contributed by atoms with Crippen LogP contribution in [0.4, 0.5) is 0 Å². The van der Waals surface area contributed by atoms with Crippen molar-refractivity contribution in [3.05, 3.63) is 0 Å². The Bertz CT molecular complexity index is 35.8. The number of nitriles is 1. The quantitative estimate of drug-likeness (QED) is 0.459. The van der Waals surface area contributed by atoms with Crippen molar-refractivity contribution in [3.8, 4) is 6.07 Å². The van der Waals surface area contributed by atoms with Crippen molar-refractivity contribution < 1.29 is 0 Å². The molecule has 0 amide bonds. The van der Waals surface area contributed by atoms with Crippen molar-refractivity contribution in [1.82, 2.24) is 0 Å². The van der Waals surface area contributed by atoms with Crippen molar-refractivity contribution in [2.45, 2.75) is 4.44 Å².